The second kappa shape index (κ2) is 41.1. The zero-order valence-corrected chi connectivity index (χ0v) is 34.1. The van der Waals surface area contributed by atoms with Crippen LogP contribution in [0.2, 0.25) is 0 Å². The summed E-state index contributed by atoms with van der Waals surface area (Å²) in [6, 6.07) is 0. The maximum absolute atomic E-state index is 12.6. The molecule has 0 aromatic carbocycles. The first-order valence-corrected chi connectivity index (χ1v) is 21.7. The lowest BCUT2D eigenvalue weighted by molar-refractivity contribution is -0.167. The molecule has 0 aromatic rings. The van der Waals surface area contributed by atoms with Crippen molar-refractivity contribution in [2.75, 3.05) is 13.2 Å². The highest BCUT2D eigenvalue weighted by Gasteiger charge is 2.19. The minimum atomic E-state index is -0.792. The fourth-order valence-electron chi connectivity index (χ4n) is 5.69. The van der Waals surface area contributed by atoms with Crippen LogP contribution in [-0.2, 0) is 28.6 Å². The lowest BCUT2D eigenvalue weighted by Gasteiger charge is -2.18. The van der Waals surface area contributed by atoms with E-state index in [1.807, 2.05) is 0 Å². The molecule has 52 heavy (non-hydrogen) atoms. The van der Waals surface area contributed by atoms with E-state index in [0.29, 0.717) is 19.3 Å². The summed E-state index contributed by atoms with van der Waals surface area (Å²) in [7, 11) is 0. The van der Waals surface area contributed by atoms with E-state index < -0.39 is 6.10 Å². The zero-order chi connectivity index (χ0) is 38.0. The Hall–Kier alpha value is -2.63. The molecule has 1 unspecified atom stereocenters. The Balaban J connectivity index is 4.45. The van der Waals surface area contributed by atoms with Gasteiger partial charge in [0.1, 0.15) is 13.2 Å². The van der Waals surface area contributed by atoms with Gasteiger partial charge < -0.3 is 14.2 Å². The highest BCUT2D eigenvalue weighted by Crippen LogP contribution is 2.12. The maximum Gasteiger partial charge on any atom is 0.306 e. The second-order valence-electron chi connectivity index (χ2n) is 14.3. The largest absolute Gasteiger partial charge is 0.462 e. The van der Waals surface area contributed by atoms with Gasteiger partial charge in [-0.05, 0) is 83.5 Å². The molecule has 6 heteroatoms. The minimum absolute atomic E-state index is 0.0952. The molecule has 0 aliphatic heterocycles. The third-order valence-electron chi connectivity index (χ3n) is 9.05. The van der Waals surface area contributed by atoms with Gasteiger partial charge in [0, 0.05) is 19.3 Å². The standard InChI is InChI=1S/C46H80O6/c1-4-7-10-13-16-19-22-23-25-27-30-33-36-39-45(48)51-42-43(41-50-44(47)38-35-32-29-26-21-18-15-12-9-6-3)52-46(49)40-37-34-31-28-24-20-17-14-11-8-5-2/h14-15,17-18,20,23-25,43H,4-13,16,19,21-22,26-42H2,1-3H3/b17-14-,18-15-,24-20-,25-23-. The maximum atomic E-state index is 12.6. The normalized spacial score (nSPS) is 12.4. The summed E-state index contributed by atoms with van der Waals surface area (Å²) in [5.41, 5.74) is 0. The highest BCUT2D eigenvalue weighted by molar-refractivity contribution is 5.71. The third kappa shape index (κ3) is 38.6. The molecule has 0 bridgehead atoms. The Labute approximate surface area is 320 Å². The number of ether oxygens (including phenoxy) is 3. The lowest BCUT2D eigenvalue weighted by Crippen LogP contribution is -2.30. The summed E-state index contributed by atoms with van der Waals surface area (Å²) in [6.45, 7) is 6.46. The number of allylic oxidation sites excluding steroid dienone is 8. The van der Waals surface area contributed by atoms with Crippen molar-refractivity contribution in [3.05, 3.63) is 48.6 Å². The molecule has 300 valence electrons. The van der Waals surface area contributed by atoms with E-state index in [1.165, 1.54) is 64.2 Å². The Kier molecular flexibility index (Phi) is 39.1. The first kappa shape index (κ1) is 49.4. The molecule has 0 aliphatic rings. The number of rotatable bonds is 38. The van der Waals surface area contributed by atoms with Gasteiger partial charge >= 0.3 is 17.9 Å². The highest BCUT2D eigenvalue weighted by atomic mass is 16.6. The van der Waals surface area contributed by atoms with Crippen LogP contribution in [0.25, 0.3) is 0 Å². The summed E-state index contributed by atoms with van der Waals surface area (Å²) >= 11 is 0. The van der Waals surface area contributed by atoms with Crippen LogP contribution < -0.4 is 0 Å². The van der Waals surface area contributed by atoms with Gasteiger partial charge in [0.05, 0.1) is 0 Å². The second-order valence-corrected chi connectivity index (χ2v) is 14.3. The fraction of sp³-hybridized carbons (Fsp3) is 0.761. The van der Waals surface area contributed by atoms with Gasteiger partial charge in [-0.3, -0.25) is 14.4 Å². The van der Waals surface area contributed by atoms with E-state index in [-0.39, 0.29) is 31.1 Å². The summed E-state index contributed by atoms with van der Waals surface area (Å²) in [5, 5.41) is 0. The molecule has 0 saturated heterocycles. The number of esters is 3. The predicted molar refractivity (Wildman–Crippen MR) is 219 cm³/mol. The Morgan fingerprint density at radius 2 is 0.712 bits per heavy atom. The van der Waals surface area contributed by atoms with Crippen molar-refractivity contribution in [3.63, 3.8) is 0 Å². The Morgan fingerprint density at radius 1 is 0.385 bits per heavy atom. The van der Waals surface area contributed by atoms with Crippen molar-refractivity contribution in [3.8, 4) is 0 Å². The molecule has 0 fully saturated rings. The van der Waals surface area contributed by atoms with E-state index >= 15 is 0 Å². The number of carbonyl (C=O) groups excluding carboxylic acids is 3. The van der Waals surface area contributed by atoms with Gasteiger partial charge in [0.25, 0.3) is 0 Å². The van der Waals surface area contributed by atoms with Crippen LogP contribution in [0.3, 0.4) is 0 Å². The smallest absolute Gasteiger partial charge is 0.306 e. The van der Waals surface area contributed by atoms with Crippen LogP contribution in [0.4, 0.5) is 0 Å². The third-order valence-corrected chi connectivity index (χ3v) is 9.05. The van der Waals surface area contributed by atoms with Crippen LogP contribution in [-0.4, -0.2) is 37.2 Å². The molecule has 0 heterocycles. The lowest BCUT2D eigenvalue weighted by atomic mass is 10.1. The molecule has 0 rings (SSSR count). The van der Waals surface area contributed by atoms with Gasteiger partial charge in [-0.1, -0.05) is 153 Å². The molecule has 1 atom stereocenters. The fourth-order valence-corrected chi connectivity index (χ4v) is 5.69. The Morgan fingerprint density at radius 3 is 1.17 bits per heavy atom. The van der Waals surface area contributed by atoms with Crippen LogP contribution >= 0.6 is 0 Å². The van der Waals surface area contributed by atoms with E-state index in [9.17, 15) is 14.4 Å². The molecule has 0 N–H and O–H groups in total. The number of hydrogen-bond acceptors (Lipinski definition) is 6. The quantitative estimate of drug-likeness (QED) is 0.0207. The summed E-state index contributed by atoms with van der Waals surface area (Å²) < 4.78 is 16.6. The van der Waals surface area contributed by atoms with Crippen molar-refractivity contribution >= 4 is 17.9 Å². The number of carbonyl (C=O) groups is 3. The topological polar surface area (TPSA) is 78.9 Å². The van der Waals surface area contributed by atoms with Crippen molar-refractivity contribution < 1.29 is 28.6 Å². The van der Waals surface area contributed by atoms with Crippen molar-refractivity contribution in [2.45, 2.75) is 213 Å². The van der Waals surface area contributed by atoms with E-state index in [4.69, 9.17) is 14.2 Å². The van der Waals surface area contributed by atoms with Crippen molar-refractivity contribution in [1.29, 1.82) is 0 Å². The number of hydrogen-bond donors (Lipinski definition) is 0. The predicted octanol–water partition coefficient (Wildman–Crippen LogP) is 13.6. The molecular formula is C46H80O6. The molecular weight excluding hydrogens is 648 g/mol. The van der Waals surface area contributed by atoms with Crippen LogP contribution in [0.15, 0.2) is 48.6 Å². The van der Waals surface area contributed by atoms with Crippen molar-refractivity contribution in [1.82, 2.24) is 0 Å². The average Bonchev–Trinajstić information content (AvgIpc) is 3.14. The summed E-state index contributed by atoms with van der Waals surface area (Å²) in [6.07, 6.45) is 46.7. The van der Waals surface area contributed by atoms with Gasteiger partial charge in [-0.2, -0.15) is 0 Å². The van der Waals surface area contributed by atoms with Gasteiger partial charge in [-0.15, -0.1) is 0 Å². The first-order valence-electron chi connectivity index (χ1n) is 21.7. The molecule has 6 nitrogen and oxygen atoms in total. The van der Waals surface area contributed by atoms with Gasteiger partial charge in [0.15, 0.2) is 6.10 Å². The van der Waals surface area contributed by atoms with E-state index in [2.05, 4.69) is 69.4 Å². The average molecular weight is 729 g/mol. The zero-order valence-electron chi connectivity index (χ0n) is 34.1. The molecule has 0 spiro atoms. The Bertz CT molecular complexity index is 933. The summed E-state index contributed by atoms with van der Waals surface area (Å²) in [4.78, 5) is 37.6. The monoisotopic (exact) mass is 729 g/mol. The van der Waals surface area contributed by atoms with Gasteiger partial charge in [-0.25, -0.2) is 0 Å². The van der Waals surface area contributed by atoms with Crippen LogP contribution in [0.5, 0.6) is 0 Å². The molecule has 0 radical (unpaired) electrons. The molecule has 0 aromatic heterocycles. The molecule has 0 amide bonds. The first-order chi connectivity index (χ1) is 25.5. The van der Waals surface area contributed by atoms with Crippen molar-refractivity contribution in [2.24, 2.45) is 0 Å². The summed E-state index contributed by atoms with van der Waals surface area (Å²) in [5.74, 6) is -0.958. The minimum Gasteiger partial charge on any atom is -0.462 e. The van der Waals surface area contributed by atoms with Gasteiger partial charge in [0.2, 0.25) is 0 Å². The van der Waals surface area contributed by atoms with E-state index in [0.717, 1.165) is 103 Å². The van der Waals surface area contributed by atoms with Crippen LogP contribution in [0.1, 0.15) is 207 Å². The molecule has 0 aliphatic carbocycles. The SMILES string of the molecule is CCCC/C=C\C=C/CCCCCC(=O)OC(COC(=O)CCCCC/C=C\CCCCCCCC)COC(=O)CCCCCC/C=C\CCCC. The van der Waals surface area contributed by atoms with Crippen LogP contribution in [0, 0.1) is 0 Å². The van der Waals surface area contributed by atoms with E-state index in [1.54, 1.807) is 0 Å². The molecule has 0 saturated carbocycles. The number of unbranched alkanes of at least 4 members (excludes halogenated alkanes) is 20.